The monoisotopic (exact) mass is 233 g/mol. The van der Waals surface area contributed by atoms with Crippen LogP contribution in [0.3, 0.4) is 0 Å². The van der Waals surface area contributed by atoms with Gasteiger partial charge in [0.1, 0.15) is 5.69 Å². The van der Waals surface area contributed by atoms with Crippen molar-refractivity contribution in [3.63, 3.8) is 0 Å². The van der Waals surface area contributed by atoms with E-state index in [0.29, 0.717) is 0 Å². The maximum Gasteiger partial charge on any atom is 0.250 e. The second-order valence-corrected chi connectivity index (χ2v) is 3.63. The summed E-state index contributed by atoms with van der Waals surface area (Å²) in [6, 6.07) is 5.18. The number of pyridine rings is 1. The van der Waals surface area contributed by atoms with Crippen LogP contribution in [-0.4, -0.2) is 14.8 Å². The van der Waals surface area contributed by atoms with Gasteiger partial charge in [0, 0.05) is 18.8 Å². The Balaban J connectivity index is 0.000000686. The van der Waals surface area contributed by atoms with Crippen LogP contribution in [0, 0.1) is 13.8 Å². The van der Waals surface area contributed by atoms with Gasteiger partial charge in [0.05, 0.1) is 5.69 Å². The Bertz CT molecular complexity index is 552. The number of H-pyrrole nitrogens is 1. The van der Waals surface area contributed by atoms with E-state index in [-0.39, 0.29) is 5.56 Å². The highest BCUT2D eigenvalue weighted by molar-refractivity contribution is 5.59. The molecule has 0 atom stereocenters. The Morgan fingerprint density at radius 3 is 2.41 bits per heavy atom. The van der Waals surface area contributed by atoms with E-state index in [4.69, 9.17) is 0 Å². The van der Waals surface area contributed by atoms with Crippen LogP contribution >= 0.6 is 0 Å². The molecule has 0 aliphatic carbocycles. The Hall–Kier alpha value is -1.84. The summed E-state index contributed by atoms with van der Waals surface area (Å²) in [7, 11) is 1.75. The number of aryl methyl sites for hydroxylation is 1. The van der Waals surface area contributed by atoms with Crippen LogP contribution in [0.2, 0.25) is 0 Å². The Morgan fingerprint density at radius 1 is 1.24 bits per heavy atom. The number of rotatable bonds is 1. The first-order chi connectivity index (χ1) is 8.11. The Morgan fingerprint density at radius 2 is 1.88 bits per heavy atom. The van der Waals surface area contributed by atoms with Gasteiger partial charge in [-0.1, -0.05) is 19.9 Å². The smallest absolute Gasteiger partial charge is 0.250 e. The summed E-state index contributed by atoms with van der Waals surface area (Å²) in [5.41, 5.74) is 3.77. The summed E-state index contributed by atoms with van der Waals surface area (Å²) >= 11 is 0. The molecule has 0 fully saturated rings. The summed E-state index contributed by atoms with van der Waals surface area (Å²) in [4.78, 5) is 11.5. The number of aromatic nitrogens is 3. The van der Waals surface area contributed by atoms with Crippen molar-refractivity contribution in [2.45, 2.75) is 27.7 Å². The van der Waals surface area contributed by atoms with Crippen LogP contribution in [0.5, 0.6) is 0 Å². The van der Waals surface area contributed by atoms with Gasteiger partial charge in [0.2, 0.25) is 0 Å². The van der Waals surface area contributed by atoms with Crippen molar-refractivity contribution in [3.05, 3.63) is 39.8 Å². The van der Waals surface area contributed by atoms with E-state index in [1.165, 1.54) is 0 Å². The highest BCUT2D eigenvalue weighted by Gasteiger charge is 2.10. The first kappa shape index (κ1) is 13.2. The van der Waals surface area contributed by atoms with E-state index in [9.17, 15) is 4.79 Å². The molecule has 0 aliphatic rings. The van der Waals surface area contributed by atoms with Crippen LogP contribution < -0.4 is 5.56 Å². The number of nitrogens with zero attached hydrogens (tertiary/aromatic N) is 2. The van der Waals surface area contributed by atoms with E-state index in [2.05, 4.69) is 10.2 Å². The van der Waals surface area contributed by atoms with Gasteiger partial charge in [-0.15, -0.1) is 0 Å². The van der Waals surface area contributed by atoms with Crippen LogP contribution in [-0.2, 0) is 7.05 Å². The normalized spacial score (nSPS) is 9.71. The molecule has 17 heavy (non-hydrogen) atoms. The highest BCUT2D eigenvalue weighted by atomic mass is 16.1. The predicted octanol–water partition coefficient (Wildman–Crippen LogP) is 2.42. The lowest BCUT2D eigenvalue weighted by molar-refractivity contribution is 0.862. The number of hydrogen-bond acceptors (Lipinski definition) is 2. The third kappa shape index (κ3) is 2.46. The lowest BCUT2D eigenvalue weighted by Crippen LogP contribution is -2.16. The van der Waals surface area contributed by atoms with Gasteiger partial charge in [-0.3, -0.25) is 9.89 Å². The minimum atomic E-state index is -0.0208. The second-order valence-electron chi connectivity index (χ2n) is 3.63. The van der Waals surface area contributed by atoms with E-state index < -0.39 is 0 Å². The Labute approximate surface area is 101 Å². The molecule has 0 saturated heterocycles. The first-order valence-corrected chi connectivity index (χ1v) is 5.79. The maximum atomic E-state index is 11.5. The molecular formula is C13H19N3O. The fourth-order valence-corrected chi connectivity index (χ4v) is 1.54. The lowest BCUT2D eigenvalue weighted by Gasteiger charge is -2.05. The molecule has 0 saturated carbocycles. The number of hydrogen-bond donors (Lipinski definition) is 1. The third-order valence-corrected chi connectivity index (χ3v) is 2.68. The molecule has 0 spiro atoms. The predicted molar refractivity (Wildman–Crippen MR) is 70.1 cm³/mol. The molecule has 2 heterocycles. The molecule has 2 aromatic rings. The first-order valence-electron chi connectivity index (χ1n) is 5.79. The SMILES string of the molecule is CC.Cc1[nH]nc(-c2cccc(=O)n2C)c1C. The molecule has 92 valence electrons. The summed E-state index contributed by atoms with van der Waals surface area (Å²) in [6.07, 6.45) is 0. The minimum Gasteiger partial charge on any atom is -0.310 e. The maximum absolute atomic E-state index is 11.5. The fourth-order valence-electron chi connectivity index (χ4n) is 1.54. The molecule has 0 radical (unpaired) electrons. The second kappa shape index (κ2) is 5.48. The molecule has 2 aromatic heterocycles. The summed E-state index contributed by atoms with van der Waals surface area (Å²) < 4.78 is 1.60. The molecule has 0 bridgehead atoms. The van der Waals surface area contributed by atoms with E-state index in [0.717, 1.165) is 22.6 Å². The summed E-state index contributed by atoms with van der Waals surface area (Å²) in [5, 5.41) is 7.12. The van der Waals surface area contributed by atoms with E-state index in [1.807, 2.05) is 33.8 Å². The van der Waals surface area contributed by atoms with Crippen molar-refractivity contribution >= 4 is 0 Å². The molecule has 0 aromatic carbocycles. The lowest BCUT2D eigenvalue weighted by atomic mass is 10.1. The third-order valence-electron chi connectivity index (χ3n) is 2.68. The van der Waals surface area contributed by atoms with Crippen molar-refractivity contribution in [1.82, 2.24) is 14.8 Å². The number of aromatic amines is 1. The molecule has 0 unspecified atom stereocenters. The van der Waals surface area contributed by atoms with Gasteiger partial charge in [-0.2, -0.15) is 5.10 Å². The van der Waals surface area contributed by atoms with E-state index >= 15 is 0 Å². The van der Waals surface area contributed by atoms with Gasteiger partial charge >= 0.3 is 0 Å². The van der Waals surface area contributed by atoms with Crippen molar-refractivity contribution in [2.24, 2.45) is 7.05 Å². The van der Waals surface area contributed by atoms with Crippen molar-refractivity contribution in [3.8, 4) is 11.4 Å². The average molecular weight is 233 g/mol. The highest BCUT2D eigenvalue weighted by Crippen LogP contribution is 2.20. The van der Waals surface area contributed by atoms with Crippen molar-refractivity contribution < 1.29 is 0 Å². The molecule has 1 N–H and O–H groups in total. The molecule has 2 rings (SSSR count). The molecule has 4 nitrogen and oxygen atoms in total. The molecule has 4 heteroatoms. The van der Waals surface area contributed by atoms with Gasteiger partial charge in [-0.05, 0) is 25.5 Å². The zero-order valence-electron chi connectivity index (χ0n) is 11.0. The van der Waals surface area contributed by atoms with Gasteiger partial charge < -0.3 is 4.57 Å². The zero-order valence-corrected chi connectivity index (χ0v) is 11.0. The van der Waals surface area contributed by atoms with Gasteiger partial charge in [0.15, 0.2) is 0 Å². The number of nitrogens with one attached hydrogen (secondary N) is 1. The standard InChI is InChI=1S/C11H13N3O.C2H6/c1-7-8(2)12-13-11(7)9-5-4-6-10(15)14(9)3;1-2/h4-6H,1-3H3,(H,12,13);1-2H3. The summed E-state index contributed by atoms with van der Waals surface area (Å²) in [6.45, 7) is 7.96. The quantitative estimate of drug-likeness (QED) is 0.822. The van der Waals surface area contributed by atoms with Crippen LogP contribution in [0.4, 0.5) is 0 Å². The molecule has 0 amide bonds. The van der Waals surface area contributed by atoms with Crippen LogP contribution in [0.1, 0.15) is 25.1 Å². The summed E-state index contributed by atoms with van der Waals surface area (Å²) in [5.74, 6) is 0. The van der Waals surface area contributed by atoms with Crippen LogP contribution in [0.15, 0.2) is 23.0 Å². The van der Waals surface area contributed by atoms with Crippen molar-refractivity contribution in [1.29, 1.82) is 0 Å². The Kier molecular flexibility index (Phi) is 4.26. The minimum absolute atomic E-state index is 0.0208. The van der Waals surface area contributed by atoms with Crippen LogP contribution in [0.25, 0.3) is 11.4 Å². The van der Waals surface area contributed by atoms with E-state index in [1.54, 1.807) is 23.7 Å². The average Bonchev–Trinajstić information content (AvgIpc) is 2.67. The zero-order chi connectivity index (χ0) is 13.0. The largest absolute Gasteiger partial charge is 0.310 e. The molecule has 0 aliphatic heterocycles. The van der Waals surface area contributed by atoms with Crippen molar-refractivity contribution in [2.75, 3.05) is 0 Å². The van der Waals surface area contributed by atoms with Gasteiger partial charge in [-0.25, -0.2) is 0 Å². The van der Waals surface area contributed by atoms with Gasteiger partial charge in [0.25, 0.3) is 5.56 Å². The molecular weight excluding hydrogens is 214 g/mol. The topological polar surface area (TPSA) is 50.7 Å². The fraction of sp³-hybridized carbons (Fsp3) is 0.385.